The molecule has 0 spiro atoms. The second kappa shape index (κ2) is 3.86. The molecular formula is C12H17ClS. The average molecular weight is 229 g/mol. The predicted octanol–water partition coefficient (Wildman–Crippen LogP) is 4.04. The predicted molar refractivity (Wildman–Crippen MR) is 64.5 cm³/mol. The van der Waals surface area contributed by atoms with Gasteiger partial charge in [0.25, 0.3) is 0 Å². The third-order valence-electron chi connectivity index (χ3n) is 2.81. The largest absolute Gasteiger partial charge is 0.145 e. The Kier molecular flexibility index (Phi) is 2.90. The summed E-state index contributed by atoms with van der Waals surface area (Å²) in [6.07, 6.45) is 4.82. The van der Waals surface area contributed by atoms with E-state index in [2.05, 4.69) is 19.9 Å². The molecule has 2 rings (SSSR count). The summed E-state index contributed by atoms with van der Waals surface area (Å²) in [5.74, 6) is 0.786. The van der Waals surface area contributed by atoms with Gasteiger partial charge in [-0.15, -0.1) is 22.9 Å². The summed E-state index contributed by atoms with van der Waals surface area (Å²) >= 11 is 7.70. The van der Waals surface area contributed by atoms with Gasteiger partial charge in [-0.1, -0.05) is 13.8 Å². The first-order valence-corrected chi connectivity index (χ1v) is 6.62. The SMILES string of the molecule is CC1(C)Cc2cc(CCCCl)sc2C1. The van der Waals surface area contributed by atoms with Crippen molar-refractivity contribution in [2.75, 3.05) is 5.88 Å². The summed E-state index contributed by atoms with van der Waals surface area (Å²) in [6.45, 7) is 4.72. The highest BCUT2D eigenvalue weighted by molar-refractivity contribution is 7.12. The molecule has 1 heterocycles. The molecule has 0 nitrogen and oxygen atoms in total. The van der Waals surface area contributed by atoms with Gasteiger partial charge in [0.2, 0.25) is 0 Å². The minimum Gasteiger partial charge on any atom is -0.145 e. The fourth-order valence-electron chi connectivity index (χ4n) is 2.20. The van der Waals surface area contributed by atoms with E-state index in [-0.39, 0.29) is 0 Å². The molecule has 0 saturated heterocycles. The van der Waals surface area contributed by atoms with E-state index in [0.717, 1.165) is 12.3 Å². The van der Waals surface area contributed by atoms with Crippen molar-refractivity contribution >= 4 is 22.9 Å². The van der Waals surface area contributed by atoms with Gasteiger partial charge in [-0.25, -0.2) is 0 Å². The minimum atomic E-state index is 0.506. The first-order valence-electron chi connectivity index (χ1n) is 5.27. The first-order chi connectivity index (χ1) is 6.61. The molecule has 78 valence electrons. The highest BCUT2D eigenvalue weighted by Crippen LogP contribution is 2.40. The van der Waals surface area contributed by atoms with Crippen molar-refractivity contribution in [3.8, 4) is 0 Å². The van der Waals surface area contributed by atoms with Gasteiger partial charge in [-0.3, -0.25) is 0 Å². The van der Waals surface area contributed by atoms with Crippen LogP contribution in [0.25, 0.3) is 0 Å². The average Bonchev–Trinajstić information content (AvgIpc) is 2.53. The fraction of sp³-hybridized carbons (Fsp3) is 0.667. The van der Waals surface area contributed by atoms with E-state index in [9.17, 15) is 0 Å². The van der Waals surface area contributed by atoms with Crippen molar-refractivity contribution in [2.45, 2.75) is 39.5 Å². The maximum Gasteiger partial charge on any atom is 0.0226 e. The molecule has 14 heavy (non-hydrogen) atoms. The molecule has 0 aromatic carbocycles. The molecule has 1 aliphatic rings. The van der Waals surface area contributed by atoms with E-state index in [0.29, 0.717) is 5.41 Å². The van der Waals surface area contributed by atoms with Crippen LogP contribution in [-0.4, -0.2) is 5.88 Å². The van der Waals surface area contributed by atoms with Gasteiger partial charge in [0.05, 0.1) is 0 Å². The van der Waals surface area contributed by atoms with Gasteiger partial charge >= 0.3 is 0 Å². The molecule has 0 bridgehead atoms. The molecule has 0 saturated carbocycles. The van der Waals surface area contributed by atoms with Crippen LogP contribution in [0.2, 0.25) is 0 Å². The summed E-state index contributed by atoms with van der Waals surface area (Å²) in [4.78, 5) is 3.16. The van der Waals surface area contributed by atoms with Gasteiger partial charge in [0.15, 0.2) is 0 Å². The number of halogens is 1. The number of alkyl halides is 1. The van der Waals surface area contributed by atoms with E-state index in [4.69, 9.17) is 11.6 Å². The highest BCUT2D eigenvalue weighted by Gasteiger charge is 2.29. The zero-order valence-electron chi connectivity index (χ0n) is 8.90. The Balaban J connectivity index is 2.07. The topological polar surface area (TPSA) is 0 Å². The van der Waals surface area contributed by atoms with Crippen LogP contribution < -0.4 is 0 Å². The number of hydrogen-bond acceptors (Lipinski definition) is 1. The van der Waals surface area contributed by atoms with Crippen LogP contribution in [0.1, 0.15) is 35.6 Å². The molecule has 0 unspecified atom stereocenters. The molecule has 0 amide bonds. The van der Waals surface area contributed by atoms with Crippen LogP contribution in [0, 0.1) is 5.41 Å². The quantitative estimate of drug-likeness (QED) is 0.685. The van der Waals surface area contributed by atoms with Crippen molar-refractivity contribution in [3.63, 3.8) is 0 Å². The lowest BCUT2D eigenvalue weighted by molar-refractivity contribution is 0.393. The Morgan fingerprint density at radius 3 is 2.86 bits per heavy atom. The second-order valence-corrected chi connectivity index (χ2v) is 6.57. The lowest BCUT2D eigenvalue weighted by atomic mass is 9.91. The minimum absolute atomic E-state index is 0.506. The molecule has 0 radical (unpaired) electrons. The van der Waals surface area contributed by atoms with Crippen LogP contribution >= 0.6 is 22.9 Å². The molecular weight excluding hydrogens is 212 g/mol. The summed E-state index contributed by atoms with van der Waals surface area (Å²) < 4.78 is 0. The highest BCUT2D eigenvalue weighted by atomic mass is 35.5. The second-order valence-electron chi connectivity index (χ2n) is 4.97. The third kappa shape index (κ3) is 2.14. The Bertz CT molecular complexity index is 300. The van der Waals surface area contributed by atoms with Crippen LogP contribution in [0.3, 0.4) is 0 Å². The molecule has 2 heteroatoms. The van der Waals surface area contributed by atoms with Crippen LogP contribution in [0.5, 0.6) is 0 Å². The Labute approximate surface area is 95.3 Å². The van der Waals surface area contributed by atoms with Crippen molar-refractivity contribution in [1.82, 2.24) is 0 Å². The van der Waals surface area contributed by atoms with E-state index in [1.807, 2.05) is 11.3 Å². The molecule has 1 aromatic rings. The van der Waals surface area contributed by atoms with Gasteiger partial charge < -0.3 is 0 Å². The number of aryl methyl sites for hydroxylation is 1. The zero-order valence-corrected chi connectivity index (χ0v) is 10.5. The normalized spacial score (nSPS) is 18.5. The summed E-state index contributed by atoms with van der Waals surface area (Å²) in [7, 11) is 0. The van der Waals surface area contributed by atoms with Gasteiger partial charge in [-0.05, 0) is 42.7 Å². The van der Waals surface area contributed by atoms with Crippen LogP contribution in [-0.2, 0) is 19.3 Å². The van der Waals surface area contributed by atoms with E-state index >= 15 is 0 Å². The van der Waals surface area contributed by atoms with E-state index < -0.39 is 0 Å². The number of thiophene rings is 1. The molecule has 1 aliphatic carbocycles. The first kappa shape index (κ1) is 10.5. The van der Waals surface area contributed by atoms with Crippen molar-refractivity contribution in [3.05, 3.63) is 21.4 Å². The van der Waals surface area contributed by atoms with Gasteiger partial charge in [0, 0.05) is 15.6 Å². The Morgan fingerprint density at radius 2 is 2.21 bits per heavy atom. The Hall–Kier alpha value is -0.0100. The number of fused-ring (bicyclic) bond motifs is 1. The monoisotopic (exact) mass is 228 g/mol. The van der Waals surface area contributed by atoms with Crippen molar-refractivity contribution < 1.29 is 0 Å². The summed E-state index contributed by atoms with van der Waals surface area (Å²) in [5, 5.41) is 0. The number of rotatable bonds is 3. The van der Waals surface area contributed by atoms with Crippen molar-refractivity contribution in [2.24, 2.45) is 5.41 Å². The van der Waals surface area contributed by atoms with Gasteiger partial charge in [0.1, 0.15) is 0 Å². The Morgan fingerprint density at radius 1 is 1.43 bits per heavy atom. The smallest absolute Gasteiger partial charge is 0.0226 e. The molecule has 0 aliphatic heterocycles. The fourth-order valence-corrected chi connectivity index (χ4v) is 3.83. The summed E-state index contributed by atoms with van der Waals surface area (Å²) in [6, 6.07) is 2.40. The van der Waals surface area contributed by atoms with Gasteiger partial charge in [-0.2, -0.15) is 0 Å². The lowest BCUT2D eigenvalue weighted by Gasteiger charge is -2.15. The van der Waals surface area contributed by atoms with E-state index in [1.165, 1.54) is 24.1 Å². The standard InChI is InChI=1S/C12H17ClS/c1-12(2)7-9-6-10(4-3-5-13)14-11(9)8-12/h6H,3-5,7-8H2,1-2H3. The zero-order chi connectivity index (χ0) is 10.2. The third-order valence-corrected chi connectivity index (χ3v) is 4.32. The summed E-state index contributed by atoms with van der Waals surface area (Å²) in [5.41, 5.74) is 2.11. The van der Waals surface area contributed by atoms with Crippen LogP contribution in [0.15, 0.2) is 6.07 Å². The van der Waals surface area contributed by atoms with Crippen molar-refractivity contribution in [1.29, 1.82) is 0 Å². The van der Waals surface area contributed by atoms with Crippen LogP contribution in [0.4, 0.5) is 0 Å². The lowest BCUT2D eigenvalue weighted by Crippen LogP contribution is -2.09. The molecule has 0 atom stereocenters. The number of hydrogen-bond donors (Lipinski definition) is 0. The molecule has 0 fully saturated rings. The maximum absolute atomic E-state index is 5.70. The molecule has 1 aromatic heterocycles. The van der Waals surface area contributed by atoms with E-state index in [1.54, 1.807) is 10.4 Å². The maximum atomic E-state index is 5.70. The molecule has 0 N–H and O–H groups in total.